The summed E-state index contributed by atoms with van der Waals surface area (Å²) in [6.07, 6.45) is 0. The Labute approximate surface area is 548 Å². The molecule has 0 unspecified atom stereocenters. The van der Waals surface area contributed by atoms with Crippen LogP contribution in [0.2, 0.25) is 0 Å². The fourth-order valence-corrected chi connectivity index (χ4v) is 17.7. The molecule has 438 valence electrons. The van der Waals surface area contributed by atoms with E-state index in [4.69, 9.17) is 0 Å². The number of hydrogen-bond acceptors (Lipinski definition) is 0. The van der Waals surface area contributed by atoms with E-state index in [2.05, 4.69) is 331 Å². The number of rotatable bonds is 7. The van der Waals surface area contributed by atoms with Gasteiger partial charge in [0, 0.05) is 10.8 Å². The van der Waals surface area contributed by atoms with Gasteiger partial charge in [-0.05, 0) is 234 Å². The number of benzene rings is 16. The van der Waals surface area contributed by atoms with Crippen LogP contribution in [0.3, 0.4) is 0 Å². The summed E-state index contributed by atoms with van der Waals surface area (Å²) in [4.78, 5) is 0. The summed E-state index contributed by atoms with van der Waals surface area (Å²) in [5.74, 6) is 0. The molecule has 0 nitrogen and oxygen atoms in total. The van der Waals surface area contributed by atoms with E-state index in [9.17, 15) is 0 Å². The molecule has 4 aliphatic rings. The van der Waals surface area contributed by atoms with Crippen molar-refractivity contribution in [1.82, 2.24) is 0 Å². The van der Waals surface area contributed by atoms with Crippen molar-refractivity contribution in [3.63, 3.8) is 0 Å². The van der Waals surface area contributed by atoms with E-state index in [-0.39, 0.29) is 10.8 Å². The van der Waals surface area contributed by atoms with Crippen LogP contribution in [0.15, 0.2) is 303 Å². The van der Waals surface area contributed by atoms with Crippen LogP contribution in [0.25, 0.3) is 188 Å². The smallest absolute Gasteiger partial charge is 0.0159 e. The van der Waals surface area contributed by atoms with Gasteiger partial charge in [-0.3, -0.25) is 0 Å². The van der Waals surface area contributed by atoms with Gasteiger partial charge in [0.1, 0.15) is 0 Å². The van der Waals surface area contributed by atoms with Crippen molar-refractivity contribution in [1.29, 1.82) is 0 Å². The molecule has 0 N–H and O–H groups in total. The van der Waals surface area contributed by atoms with Gasteiger partial charge < -0.3 is 0 Å². The largest absolute Gasteiger partial charge is 0.0622 e. The molecule has 0 heteroatoms. The molecule has 0 aliphatic heterocycles. The highest BCUT2D eigenvalue weighted by atomic mass is 14.4. The first-order valence-electron chi connectivity index (χ1n) is 33.3. The normalized spacial score (nSPS) is 13.7. The SMILES string of the molecule is CC1(C)c2cc(-c3ccc(-c4c5c(c(-c6ccccc6)c6ccccc46)-c4cccc6cccc-5c46)cc3)ccc2-c2ccc(-c3ccc4c(c3)C(C)(C)c3cc(-c5ccc(-c6c7c(c(-c8ccccc8)c8ccccc68)-c6cccc8cccc-7c68)cc5)ccc3-4)cc21. The Bertz CT molecular complexity index is 5590. The Morgan fingerprint density at radius 2 is 0.404 bits per heavy atom. The molecule has 0 saturated heterocycles. The van der Waals surface area contributed by atoms with Gasteiger partial charge in [0.05, 0.1) is 0 Å². The lowest BCUT2D eigenvalue weighted by Gasteiger charge is -2.24. The van der Waals surface area contributed by atoms with Crippen LogP contribution in [0, 0.1) is 0 Å². The maximum atomic E-state index is 2.49. The summed E-state index contributed by atoms with van der Waals surface area (Å²) >= 11 is 0. The zero-order valence-corrected chi connectivity index (χ0v) is 52.9. The van der Waals surface area contributed by atoms with E-state index in [1.807, 2.05) is 0 Å². The van der Waals surface area contributed by atoms with Crippen molar-refractivity contribution in [2.75, 3.05) is 0 Å². The van der Waals surface area contributed by atoms with Crippen molar-refractivity contribution in [2.24, 2.45) is 0 Å². The zero-order valence-electron chi connectivity index (χ0n) is 52.9. The van der Waals surface area contributed by atoms with Crippen LogP contribution in [0.5, 0.6) is 0 Å². The third-order valence-corrected chi connectivity index (χ3v) is 22.1. The highest BCUT2D eigenvalue weighted by Gasteiger charge is 2.39. The van der Waals surface area contributed by atoms with Gasteiger partial charge in [-0.1, -0.05) is 307 Å². The number of fused-ring (bicyclic) bond motifs is 14. The van der Waals surface area contributed by atoms with Crippen LogP contribution in [-0.4, -0.2) is 0 Å². The summed E-state index contributed by atoms with van der Waals surface area (Å²) in [6, 6.07) is 115. The Morgan fingerprint density at radius 3 is 0.691 bits per heavy atom. The molecule has 0 amide bonds. The van der Waals surface area contributed by atoms with Crippen molar-refractivity contribution in [2.45, 2.75) is 38.5 Å². The molecule has 0 atom stereocenters. The van der Waals surface area contributed by atoms with E-state index in [0.717, 1.165) is 0 Å². The van der Waals surface area contributed by atoms with E-state index < -0.39 is 0 Å². The molecule has 0 radical (unpaired) electrons. The molecule has 0 saturated carbocycles. The minimum atomic E-state index is -0.200. The lowest BCUT2D eigenvalue weighted by atomic mass is 9.79. The third kappa shape index (κ3) is 7.40. The maximum absolute atomic E-state index is 2.49. The van der Waals surface area contributed by atoms with Gasteiger partial charge >= 0.3 is 0 Å². The molecule has 0 aromatic heterocycles. The second-order valence-electron chi connectivity index (χ2n) is 27.7. The molecule has 94 heavy (non-hydrogen) atoms. The highest BCUT2D eigenvalue weighted by molar-refractivity contribution is 6.29. The van der Waals surface area contributed by atoms with Gasteiger partial charge in [0.25, 0.3) is 0 Å². The quantitative estimate of drug-likeness (QED) is 0.149. The van der Waals surface area contributed by atoms with Gasteiger partial charge in [-0.2, -0.15) is 0 Å². The van der Waals surface area contributed by atoms with Crippen LogP contribution in [0.4, 0.5) is 0 Å². The molecular formula is C94H62. The lowest BCUT2D eigenvalue weighted by molar-refractivity contribution is 0.660. The average Bonchev–Trinajstić information content (AvgIpc) is 1.60. The van der Waals surface area contributed by atoms with Crippen molar-refractivity contribution in [3.05, 3.63) is 326 Å². The van der Waals surface area contributed by atoms with E-state index in [0.29, 0.717) is 0 Å². The van der Waals surface area contributed by atoms with Crippen LogP contribution in [-0.2, 0) is 10.8 Å². The van der Waals surface area contributed by atoms with Crippen molar-refractivity contribution < 1.29 is 0 Å². The first-order valence-corrected chi connectivity index (χ1v) is 33.3. The van der Waals surface area contributed by atoms with Crippen molar-refractivity contribution >= 4 is 43.1 Å². The standard InChI is InChI=1S/C94H62/c1-93(2)79-51-63(55-35-39-61(40-36-55)87-73-29-13-11-27-71(73)85(59-19-7-5-8-20-59)89-75-31-15-23-57-25-17-33-77(83(57)75)91(87)89)43-47-67(79)69-49-45-65(53-81(69)93)66-46-50-70-68-48-44-64(52-80(68)94(3,4)82(70)54-66)56-37-41-62(42-38-56)88-74-30-14-12-28-72(74)86(60-21-9-6-10-22-60)90-76-32-16-24-58-26-18-34-78(84(58)76)92(88)90/h5-54H,1-4H3. The topological polar surface area (TPSA) is 0 Å². The van der Waals surface area contributed by atoms with Gasteiger partial charge in [-0.25, -0.2) is 0 Å². The minimum absolute atomic E-state index is 0.200. The summed E-state index contributed by atoms with van der Waals surface area (Å²) < 4.78 is 0. The van der Waals surface area contributed by atoms with Gasteiger partial charge in [0.2, 0.25) is 0 Å². The lowest BCUT2D eigenvalue weighted by Crippen LogP contribution is -2.15. The van der Waals surface area contributed by atoms with Crippen LogP contribution in [0.1, 0.15) is 49.9 Å². The molecular weight excluding hydrogens is 1130 g/mol. The Kier molecular flexibility index (Phi) is 11.1. The Hall–Kier alpha value is -11.4. The molecule has 0 heterocycles. The molecule has 0 spiro atoms. The Balaban J connectivity index is 0.608. The molecule has 4 aliphatic carbocycles. The first-order chi connectivity index (χ1) is 46.2. The second-order valence-corrected chi connectivity index (χ2v) is 27.7. The monoisotopic (exact) mass is 1190 g/mol. The second kappa shape index (κ2) is 19.5. The Morgan fingerprint density at radius 1 is 0.170 bits per heavy atom. The third-order valence-electron chi connectivity index (χ3n) is 22.1. The van der Waals surface area contributed by atoms with E-state index in [1.54, 1.807) is 0 Å². The maximum Gasteiger partial charge on any atom is 0.0159 e. The molecule has 0 bridgehead atoms. The fourth-order valence-electron chi connectivity index (χ4n) is 17.7. The summed E-state index contributed by atoms with van der Waals surface area (Å²) in [5, 5.41) is 10.4. The molecule has 16 aromatic carbocycles. The zero-order chi connectivity index (χ0) is 62.3. The van der Waals surface area contributed by atoms with E-state index in [1.165, 1.54) is 210 Å². The average molecular weight is 1190 g/mol. The minimum Gasteiger partial charge on any atom is -0.0622 e. The highest BCUT2D eigenvalue weighted by Crippen LogP contribution is 2.61. The molecule has 0 fully saturated rings. The predicted molar refractivity (Wildman–Crippen MR) is 399 cm³/mol. The first kappa shape index (κ1) is 53.2. The van der Waals surface area contributed by atoms with Crippen LogP contribution >= 0.6 is 0 Å². The number of hydrogen-bond donors (Lipinski definition) is 0. The van der Waals surface area contributed by atoms with Gasteiger partial charge in [-0.15, -0.1) is 0 Å². The summed E-state index contributed by atoms with van der Waals surface area (Å²) in [6.45, 7) is 9.67. The molecule has 20 rings (SSSR count). The van der Waals surface area contributed by atoms with Gasteiger partial charge in [0.15, 0.2) is 0 Å². The van der Waals surface area contributed by atoms with Crippen molar-refractivity contribution in [3.8, 4) is 145 Å². The van der Waals surface area contributed by atoms with E-state index >= 15 is 0 Å². The summed E-state index contributed by atoms with van der Waals surface area (Å²) in [7, 11) is 0. The fraction of sp³-hybridized carbons (Fsp3) is 0.0638. The summed E-state index contributed by atoms with van der Waals surface area (Å²) in [5.41, 5.74) is 38.7. The molecule has 16 aromatic rings. The van der Waals surface area contributed by atoms with Crippen LogP contribution < -0.4 is 0 Å². The predicted octanol–water partition coefficient (Wildman–Crippen LogP) is 25.9.